The van der Waals surface area contributed by atoms with Crippen molar-refractivity contribution >= 4 is 5.97 Å². The van der Waals surface area contributed by atoms with E-state index in [1.165, 1.54) is 18.2 Å². The number of hydrogen-bond donors (Lipinski definition) is 1. The van der Waals surface area contributed by atoms with Gasteiger partial charge in [0.15, 0.2) is 0 Å². The second-order valence-electron chi connectivity index (χ2n) is 5.47. The van der Waals surface area contributed by atoms with E-state index in [0.29, 0.717) is 5.92 Å². The summed E-state index contributed by atoms with van der Waals surface area (Å²) in [4.78, 5) is 11.7. The molecule has 1 aliphatic heterocycles. The number of methoxy groups -OCH3 is 1. The highest BCUT2D eigenvalue weighted by Gasteiger charge is 2.41. The van der Waals surface area contributed by atoms with Gasteiger partial charge in [0.2, 0.25) is 0 Å². The highest BCUT2D eigenvalue weighted by molar-refractivity contribution is 5.80. The Morgan fingerprint density at radius 3 is 3.00 bits per heavy atom. The summed E-state index contributed by atoms with van der Waals surface area (Å²) in [7, 11) is 1.45. The van der Waals surface area contributed by atoms with Crippen molar-refractivity contribution in [2.45, 2.75) is 32.2 Å². The fraction of sp³-hybridized carbons (Fsp3) is 0.533. The number of nitrogens with one attached hydrogen (secondary N) is 1. The van der Waals surface area contributed by atoms with Crippen molar-refractivity contribution < 1.29 is 9.53 Å². The van der Waals surface area contributed by atoms with E-state index in [2.05, 4.69) is 36.5 Å². The van der Waals surface area contributed by atoms with E-state index in [1.54, 1.807) is 0 Å². The van der Waals surface area contributed by atoms with Gasteiger partial charge < -0.3 is 10.1 Å². The number of carbonyl (C=O) groups excluding carboxylic acids is 1. The summed E-state index contributed by atoms with van der Waals surface area (Å²) in [6, 6.07) is 8.57. The predicted molar refractivity (Wildman–Crippen MR) is 71.4 cm³/mol. The molecule has 0 radical (unpaired) electrons. The van der Waals surface area contributed by atoms with Gasteiger partial charge in [0, 0.05) is 0 Å². The molecule has 0 saturated carbocycles. The van der Waals surface area contributed by atoms with Gasteiger partial charge in [-0.25, -0.2) is 0 Å². The first-order chi connectivity index (χ1) is 8.53. The predicted octanol–water partition coefficient (Wildman–Crippen LogP) is 2.08. The second-order valence-corrected chi connectivity index (χ2v) is 5.47. The maximum Gasteiger partial charge on any atom is 0.325 e. The normalized spacial score (nSPS) is 27.2. The lowest BCUT2D eigenvalue weighted by molar-refractivity contribution is -0.147. The Labute approximate surface area is 109 Å². The number of ether oxygens (including phenoxy) is 1. The van der Waals surface area contributed by atoms with Crippen LogP contribution in [0.25, 0.3) is 0 Å². The van der Waals surface area contributed by atoms with Gasteiger partial charge in [0.1, 0.15) is 5.54 Å². The number of esters is 1. The van der Waals surface area contributed by atoms with Crippen LogP contribution in [0.5, 0.6) is 0 Å². The van der Waals surface area contributed by atoms with Crippen molar-refractivity contribution in [3.8, 4) is 0 Å². The number of rotatable bonds is 3. The van der Waals surface area contributed by atoms with Crippen LogP contribution in [0.1, 0.15) is 24.5 Å². The number of hydrogen-bond acceptors (Lipinski definition) is 3. The van der Waals surface area contributed by atoms with Crippen LogP contribution in [0.2, 0.25) is 0 Å². The molecule has 2 rings (SSSR count). The maximum atomic E-state index is 11.7. The first-order valence-corrected chi connectivity index (χ1v) is 6.42. The van der Waals surface area contributed by atoms with E-state index in [-0.39, 0.29) is 5.97 Å². The Balaban J connectivity index is 2.00. The third-order valence-electron chi connectivity index (χ3n) is 3.72. The minimum Gasteiger partial charge on any atom is -0.468 e. The summed E-state index contributed by atoms with van der Waals surface area (Å²) >= 11 is 0. The van der Waals surface area contributed by atoms with Crippen molar-refractivity contribution in [1.29, 1.82) is 0 Å². The lowest BCUT2D eigenvalue weighted by atomic mass is 9.90. The van der Waals surface area contributed by atoms with Crippen molar-refractivity contribution in [3.05, 3.63) is 35.4 Å². The van der Waals surface area contributed by atoms with Gasteiger partial charge in [-0.2, -0.15) is 0 Å². The molecule has 0 spiro atoms. The molecule has 0 bridgehead atoms. The summed E-state index contributed by atoms with van der Waals surface area (Å²) in [5.41, 5.74) is 2.12. The molecule has 1 N–H and O–H groups in total. The molecule has 1 aromatic carbocycles. The highest BCUT2D eigenvalue weighted by atomic mass is 16.5. The van der Waals surface area contributed by atoms with E-state index in [9.17, 15) is 4.79 Å². The van der Waals surface area contributed by atoms with Gasteiger partial charge in [0.05, 0.1) is 7.11 Å². The van der Waals surface area contributed by atoms with Crippen LogP contribution in [0.4, 0.5) is 0 Å². The minimum absolute atomic E-state index is 0.158. The van der Waals surface area contributed by atoms with E-state index < -0.39 is 5.54 Å². The second kappa shape index (κ2) is 5.11. The molecule has 0 aromatic heterocycles. The molecule has 0 amide bonds. The van der Waals surface area contributed by atoms with Gasteiger partial charge in [-0.15, -0.1) is 0 Å². The largest absolute Gasteiger partial charge is 0.468 e. The lowest BCUT2D eigenvalue weighted by Crippen LogP contribution is -2.45. The molecule has 2 unspecified atom stereocenters. The SMILES string of the molecule is COC(=O)C1(C)CC(Cc2cccc(C)c2)CN1. The van der Waals surface area contributed by atoms with Crippen molar-refractivity contribution in [2.24, 2.45) is 5.92 Å². The van der Waals surface area contributed by atoms with E-state index >= 15 is 0 Å². The van der Waals surface area contributed by atoms with Gasteiger partial charge >= 0.3 is 5.97 Å². The quantitative estimate of drug-likeness (QED) is 0.831. The van der Waals surface area contributed by atoms with Gasteiger partial charge in [0.25, 0.3) is 0 Å². The highest BCUT2D eigenvalue weighted by Crippen LogP contribution is 2.27. The molecule has 2 atom stereocenters. The van der Waals surface area contributed by atoms with Gasteiger partial charge in [-0.1, -0.05) is 29.8 Å². The lowest BCUT2D eigenvalue weighted by Gasteiger charge is -2.20. The zero-order valence-corrected chi connectivity index (χ0v) is 11.3. The Hall–Kier alpha value is -1.35. The van der Waals surface area contributed by atoms with Crippen molar-refractivity contribution in [3.63, 3.8) is 0 Å². The van der Waals surface area contributed by atoms with E-state index in [4.69, 9.17) is 4.74 Å². The number of benzene rings is 1. The third kappa shape index (κ3) is 2.72. The van der Waals surface area contributed by atoms with Crippen LogP contribution in [0, 0.1) is 12.8 Å². The van der Waals surface area contributed by atoms with E-state index in [0.717, 1.165) is 19.4 Å². The van der Waals surface area contributed by atoms with Crippen LogP contribution >= 0.6 is 0 Å². The standard InChI is InChI=1S/C15H21NO2/c1-11-5-4-6-12(7-11)8-13-9-15(2,16-10-13)14(17)18-3/h4-7,13,16H,8-10H2,1-3H3. The molecule has 1 heterocycles. The summed E-state index contributed by atoms with van der Waals surface area (Å²) < 4.78 is 4.85. The molecular weight excluding hydrogens is 226 g/mol. The third-order valence-corrected chi connectivity index (χ3v) is 3.72. The molecule has 1 saturated heterocycles. The topological polar surface area (TPSA) is 38.3 Å². The molecule has 0 aliphatic carbocycles. The smallest absolute Gasteiger partial charge is 0.325 e. The number of aryl methyl sites for hydroxylation is 1. The average Bonchev–Trinajstić information content (AvgIpc) is 2.71. The minimum atomic E-state index is -0.511. The van der Waals surface area contributed by atoms with E-state index in [1.807, 2.05) is 6.92 Å². The van der Waals surface area contributed by atoms with Crippen molar-refractivity contribution in [2.75, 3.05) is 13.7 Å². The molecule has 1 aromatic rings. The Morgan fingerprint density at radius 1 is 1.56 bits per heavy atom. The van der Waals surface area contributed by atoms with Crippen LogP contribution in [-0.4, -0.2) is 25.2 Å². The average molecular weight is 247 g/mol. The van der Waals surface area contributed by atoms with Crippen LogP contribution < -0.4 is 5.32 Å². The summed E-state index contributed by atoms with van der Waals surface area (Å²) in [5, 5.41) is 3.29. The van der Waals surface area contributed by atoms with Crippen LogP contribution in [0.15, 0.2) is 24.3 Å². The first kappa shape index (κ1) is 13.1. The monoisotopic (exact) mass is 247 g/mol. The summed E-state index contributed by atoms with van der Waals surface area (Å²) in [5.74, 6) is 0.338. The zero-order valence-electron chi connectivity index (χ0n) is 11.3. The molecule has 1 fully saturated rings. The fourth-order valence-electron chi connectivity index (χ4n) is 2.79. The molecule has 1 aliphatic rings. The summed E-state index contributed by atoms with van der Waals surface area (Å²) in [6.45, 7) is 4.91. The Morgan fingerprint density at radius 2 is 2.33 bits per heavy atom. The van der Waals surface area contributed by atoms with Crippen LogP contribution in [0.3, 0.4) is 0 Å². The Kier molecular flexibility index (Phi) is 3.71. The van der Waals surface area contributed by atoms with Gasteiger partial charge in [-0.3, -0.25) is 4.79 Å². The fourth-order valence-corrected chi connectivity index (χ4v) is 2.79. The molecule has 18 heavy (non-hydrogen) atoms. The molecule has 98 valence electrons. The zero-order chi connectivity index (χ0) is 13.2. The first-order valence-electron chi connectivity index (χ1n) is 6.42. The van der Waals surface area contributed by atoms with Crippen molar-refractivity contribution in [1.82, 2.24) is 5.32 Å². The Bertz CT molecular complexity index is 444. The van der Waals surface area contributed by atoms with Crippen LogP contribution in [-0.2, 0) is 16.0 Å². The maximum absolute atomic E-state index is 11.7. The summed E-state index contributed by atoms with van der Waals surface area (Å²) in [6.07, 6.45) is 1.86. The molecule has 3 heteroatoms. The number of carbonyl (C=O) groups is 1. The van der Waals surface area contributed by atoms with Gasteiger partial charge in [-0.05, 0) is 44.7 Å². The molecular formula is C15H21NO2. The molecule has 3 nitrogen and oxygen atoms in total.